The summed E-state index contributed by atoms with van der Waals surface area (Å²) in [5.41, 5.74) is 0.438. The van der Waals surface area contributed by atoms with Crippen molar-refractivity contribution in [2.24, 2.45) is 0 Å². The smallest absolute Gasteiger partial charge is 0.299 e. The van der Waals surface area contributed by atoms with E-state index in [1.54, 1.807) is 18.2 Å². The minimum Gasteiger partial charge on any atom is -0.497 e. The number of methoxy groups -OCH3 is 1. The number of ether oxygens (including phenoxy) is 1. The number of halogens is 1. The summed E-state index contributed by atoms with van der Waals surface area (Å²) in [6.45, 7) is 2.29. The summed E-state index contributed by atoms with van der Waals surface area (Å²) < 4.78 is 33.8. The minimum atomic E-state index is -3.53. The van der Waals surface area contributed by atoms with Crippen molar-refractivity contribution in [3.05, 3.63) is 22.7 Å². The van der Waals surface area contributed by atoms with Gasteiger partial charge < -0.3 is 4.74 Å². The van der Waals surface area contributed by atoms with Crippen LogP contribution in [0.1, 0.15) is 13.3 Å². The highest BCUT2D eigenvalue weighted by Gasteiger charge is 2.11. The molecule has 17 heavy (non-hydrogen) atoms. The van der Waals surface area contributed by atoms with Crippen molar-refractivity contribution in [1.82, 2.24) is 4.72 Å². The van der Waals surface area contributed by atoms with Crippen LogP contribution in [-0.4, -0.2) is 22.1 Å². The predicted molar refractivity (Wildman–Crippen MR) is 71.5 cm³/mol. The van der Waals surface area contributed by atoms with Crippen molar-refractivity contribution in [1.29, 1.82) is 0 Å². The lowest BCUT2D eigenvalue weighted by molar-refractivity contribution is 0.415. The molecule has 0 fully saturated rings. The average molecular weight is 323 g/mol. The molecule has 0 aliphatic rings. The normalized spacial score (nSPS) is 11.2. The van der Waals surface area contributed by atoms with Gasteiger partial charge in [-0.15, -0.1) is 0 Å². The standard InChI is InChI=1S/C10H15BrN2O3S/c1-3-6-12-17(14,15)13-10-7-8(16-2)4-5-9(10)11/h4-5,7,12-13H,3,6H2,1-2H3. The molecule has 0 saturated carbocycles. The summed E-state index contributed by atoms with van der Waals surface area (Å²) >= 11 is 3.27. The molecule has 96 valence electrons. The van der Waals surface area contributed by atoms with Gasteiger partial charge in [-0.05, 0) is 34.5 Å². The van der Waals surface area contributed by atoms with Crippen LogP contribution in [0.5, 0.6) is 5.75 Å². The van der Waals surface area contributed by atoms with Gasteiger partial charge >= 0.3 is 0 Å². The van der Waals surface area contributed by atoms with E-state index in [0.717, 1.165) is 6.42 Å². The molecule has 1 aromatic carbocycles. The molecule has 0 aromatic heterocycles. The zero-order valence-corrected chi connectivity index (χ0v) is 12.1. The van der Waals surface area contributed by atoms with Crippen LogP contribution in [0.3, 0.4) is 0 Å². The average Bonchev–Trinajstić information content (AvgIpc) is 2.29. The van der Waals surface area contributed by atoms with Crippen LogP contribution < -0.4 is 14.2 Å². The van der Waals surface area contributed by atoms with E-state index in [2.05, 4.69) is 25.4 Å². The molecule has 5 nitrogen and oxygen atoms in total. The monoisotopic (exact) mass is 322 g/mol. The third-order valence-corrected chi connectivity index (χ3v) is 3.72. The predicted octanol–water partition coefficient (Wildman–Crippen LogP) is 2.11. The van der Waals surface area contributed by atoms with Crippen LogP contribution in [-0.2, 0) is 10.2 Å². The molecule has 0 bridgehead atoms. The Morgan fingerprint density at radius 1 is 1.41 bits per heavy atom. The lowest BCUT2D eigenvalue weighted by Crippen LogP contribution is -2.30. The van der Waals surface area contributed by atoms with Crippen LogP contribution in [0, 0.1) is 0 Å². The minimum absolute atomic E-state index is 0.400. The van der Waals surface area contributed by atoms with E-state index in [-0.39, 0.29) is 0 Å². The number of benzene rings is 1. The third-order valence-electron chi connectivity index (χ3n) is 1.96. The maximum Gasteiger partial charge on any atom is 0.299 e. The molecule has 1 rings (SSSR count). The number of anilines is 1. The van der Waals surface area contributed by atoms with E-state index >= 15 is 0 Å². The van der Waals surface area contributed by atoms with E-state index in [4.69, 9.17) is 4.74 Å². The quantitative estimate of drug-likeness (QED) is 0.843. The maximum atomic E-state index is 11.6. The Kier molecular flexibility index (Phi) is 5.23. The van der Waals surface area contributed by atoms with Crippen LogP contribution in [0.2, 0.25) is 0 Å². The SMILES string of the molecule is CCCNS(=O)(=O)Nc1cc(OC)ccc1Br. The number of nitrogens with one attached hydrogen (secondary N) is 2. The van der Waals surface area contributed by atoms with Gasteiger partial charge in [-0.2, -0.15) is 13.1 Å². The zero-order valence-electron chi connectivity index (χ0n) is 9.66. The second-order valence-corrected chi connectivity index (χ2v) is 5.70. The molecule has 0 saturated heterocycles. The van der Waals surface area contributed by atoms with Crippen molar-refractivity contribution >= 4 is 31.8 Å². The molecular formula is C10H15BrN2O3S. The molecule has 0 amide bonds. The van der Waals surface area contributed by atoms with Crippen LogP contribution >= 0.6 is 15.9 Å². The number of hydrogen-bond acceptors (Lipinski definition) is 3. The van der Waals surface area contributed by atoms with Gasteiger partial charge in [0.1, 0.15) is 5.75 Å². The molecule has 0 aliphatic heterocycles. The topological polar surface area (TPSA) is 67.4 Å². The van der Waals surface area contributed by atoms with Gasteiger partial charge in [0.15, 0.2) is 0 Å². The lowest BCUT2D eigenvalue weighted by atomic mass is 10.3. The van der Waals surface area contributed by atoms with Crippen LogP contribution in [0.15, 0.2) is 22.7 Å². The number of hydrogen-bond donors (Lipinski definition) is 2. The van der Waals surface area contributed by atoms with Crippen LogP contribution in [0.4, 0.5) is 5.69 Å². The molecule has 0 unspecified atom stereocenters. The Bertz CT molecular complexity index is 476. The maximum absolute atomic E-state index is 11.6. The fraction of sp³-hybridized carbons (Fsp3) is 0.400. The largest absolute Gasteiger partial charge is 0.497 e. The Balaban J connectivity index is 2.87. The third kappa shape index (κ3) is 4.53. The summed E-state index contributed by atoms with van der Waals surface area (Å²) in [6.07, 6.45) is 0.736. The molecule has 2 N–H and O–H groups in total. The van der Waals surface area contributed by atoms with E-state index < -0.39 is 10.2 Å². The van der Waals surface area contributed by atoms with Gasteiger partial charge in [-0.3, -0.25) is 4.72 Å². The zero-order chi connectivity index (χ0) is 12.9. The molecule has 1 aromatic rings. The highest BCUT2D eigenvalue weighted by Crippen LogP contribution is 2.27. The number of rotatable bonds is 6. The summed E-state index contributed by atoms with van der Waals surface area (Å²) in [6, 6.07) is 5.06. The van der Waals surface area contributed by atoms with E-state index in [0.29, 0.717) is 22.5 Å². The van der Waals surface area contributed by atoms with Gasteiger partial charge in [-0.25, -0.2) is 0 Å². The molecule has 0 heterocycles. The Labute approximate surface area is 110 Å². The molecule has 7 heteroatoms. The summed E-state index contributed by atoms with van der Waals surface area (Å²) in [5.74, 6) is 0.585. The highest BCUT2D eigenvalue weighted by molar-refractivity contribution is 9.10. The van der Waals surface area contributed by atoms with E-state index in [9.17, 15) is 8.42 Å². The highest BCUT2D eigenvalue weighted by atomic mass is 79.9. The van der Waals surface area contributed by atoms with Crippen molar-refractivity contribution in [3.8, 4) is 5.75 Å². The first-order chi connectivity index (χ1) is 7.98. The molecular weight excluding hydrogens is 308 g/mol. The Hall–Kier alpha value is -0.790. The van der Waals surface area contributed by atoms with Crippen molar-refractivity contribution in [2.75, 3.05) is 18.4 Å². The second kappa shape index (κ2) is 6.23. The van der Waals surface area contributed by atoms with Gasteiger partial charge in [0, 0.05) is 17.1 Å². The summed E-state index contributed by atoms with van der Waals surface area (Å²) in [7, 11) is -2.01. The summed E-state index contributed by atoms with van der Waals surface area (Å²) in [5, 5.41) is 0. The Morgan fingerprint density at radius 3 is 2.71 bits per heavy atom. The van der Waals surface area contributed by atoms with Gasteiger partial charge in [0.25, 0.3) is 10.2 Å². The van der Waals surface area contributed by atoms with E-state index in [1.165, 1.54) is 7.11 Å². The first-order valence-electron chi connectivity index (χ1n) is 5.09. The van der Waals surface area contributed by atoms with Crippen LogP contribution in [0.25, 0.3) is 0 Å². The summed E-state index contributed by atoms with van der Waals surface area (Å²) in [4.78, 5) is 0. The Morgan fingerprint density at radius 2 is 2.12 bits per heavy atom. The molecule has 0 radical (unpaired) electrons. The molecule has 0 aliphatic carbocycles. The fourth-order valence-corrected chi connectivity index (χ4v) is 2.61. The second-order valence-electron chi connectivity index (χ2n) is 3.35. The van der Waals surface area contributed by atoms with Gasteiger partial charge in [0.05, 0.1) is 12.8 Å². The molecule has 0 spiro atoms. The van der Waals surface area contributed by atoms with Crippen molar-refractivity contribution < 1.29 is 13.2 Å². The van der Waals surface area contributed by atoms with Gasteiger partial charge in [0.2, 0.25) is 0 Å². The first kappa shape index (κ1) is 14.3. The lowest BCUT2D eigenvalue weighted by Gasteiger charge is -2.11. The molecule has 0 atom stereocenters. The van der Waals surface area contributed by atoms with Crippen molar-refractivity contribution in [2.45, 2.75) is 13.3 Å². The first-order valence-corrected chi connectivity index (χ1v) is 7.37. The van der Waals surface area contributed by atoms with Crippen molar-refractivity contribution in [3.63, 3.8) is 0 Å². The fourth-order valence-electron chi connectivity index (χ4n) is 1.13. The van der Waals surface area contributed by atoms with E-state index in [1.807, 2.05) is 6.92 Å². The van der Waals surface area contributed by atoms with Gasteiger partial charge in [-0.1, -0.05) is 6.92 Å².